The first-order valence-corrected chi connectivity index (χ1v) is 5.37. The Balaban J connectivity index is 2.69. The van der Waals surface area contributed by atoms with Gasteiger partial charge in [0.15, 0.2) is 5.78 Å². The average molecular weight is 218 g/mol. The van der Waals surface area contributed by atoms with Crippen LogP contribution >= 0.6 is 0 Å². The van der Waals surface area contributed by atoms with Crippen molar-refractivity contribution < 1.29 is 9.90 Å². The quantitative estimate of drug-likeness (QED) is 0.625. The van der Waals surface area contributed by atoms with Gasteiger partial charge < -0.3 is 5.11 Å². The van der Waals surface area contributed by atoms with Gasteiger partial charge in [0.2, 0.25) is 0 Å². The Kier molecular flexibility index (Phi) is 4.02. The zero-order chi connectivity index (χ0) is 12.2. The Labute approximate surface area is 96.6 Å². The number of rotatable bonds is 3. The number of carbonyl (C=O) groups excluding carboxylic acids is 1. The van der Waals surface area contributed by atoms with E-state index in [4.69, 9.17) is 0 Å². The van der Waals surface area contributed by atoms with Crippen LogP contribution in [0.4, 0.5) is 0 Å². The van der Waals surface area contributed by atoms with Crippen molar-refractivity contribution in [1.82, 2.24) is 0 Å². The number of allylic oxidation sites excluding steroid dienone is 1. The molecular formula is C14H18O2. The van der Waals surface area contributed by atoms with Crippen LogP contribution in [0, 0.1) is 5.41 Å². The summed E-state index contributed by atoms with van der Waals surface area (Å²) in [6, 6.07) is 9.03. The topological polar surface area (TPSA) is 37.3 Å². The number of hydrogen-bond donors (Lipinski definition) is 1. The fourth-order valence-corrected chi connectivity index (χ4v) is 1.17. The molecule has 1 aromatic rings. The van der Waals surface area contributed by atoms with Crippen LogP contribution in [0.2, 0.25) is 0 Å². The molecule has 0 heterocycles. The number of aliphatic hydroxyl groups is 1. The molecule has 0 fully saturated rings. The van der Waals surface area contributed by atoms with Crippen LogP contribution < -0.4 is 0 Å². The molecule has 0 radical (unpaired) electrons. The Hall–Kier alpha value is -1.41. The smallest absolute Gasteiger partial charge is 0.185 e. The van der Waals surface area contributed by atoms with Crippen LogP contribution in [0.3, 0.4) is 0 Å². The van der Waals surface area contributed by atoms with Gasteiger partial charge in [-0.25, -0.2) is 0 Å². The van der Waals surface area contributed by atoms with Gasteiger partial charge in [-0.15, -0.1) is 0 Å². The zero-order valence-electron chi connectivity index (χ0n) is 9.97. The predicted octanol–water partition coefficient (Wildman–Crippen LogP) is 2.83. The maximum Gasteiger partial charge on any atom is 0.185 e. The second kappa shape index (κ2) is 5.08. The SMILES string of the molecule is CC(C)(C)C(O)/C=C/C(=O)c1ccccc1. The molecule has 0 aromatic heterocycles. The predicted molar refractivity (Wildman–Crippen MR) is 65.4 cm³/mol. The van der Waals surface area contributed by atoms with Gasteiger partial charge in [0, 0.05) is 5.56 Å². The Morgan fingerprint density at radius 3 is 2.31 bits per heavy atom. The highest BCUT2D eigenvalue weighted by atomic mass is 16.3. The van der Waals surface area contributed by atoms with Crippen LogP contribution in [-0.2, 0) is 0 Å². The first kappa shape index (κ1) is 12.7. The van der Waals surface area contributed by atoms with E-state index in [1.165, 1.54) is 6.08 Å². The van der Waals surface area contributed by atoms with E-state index in [1.807, 2.05) is 39.0 Å². The van der Waals surface area contributed by atoms with Crippen molar-refractivity contribution in [3.63, 3.8) is 0 Å². The molecule has 16 heavy (non-hydrogen) atoms. The molecule has 0 aliphatic rings. The van der Waals surface area contributed by atoms with Gasteiger partial charge in [0.05, 0.1) is 6.10 Å². The second-order valence-electron chi connectivity index (χ2n) is 4.90. The summed E-state index contributed by atoms with van der Waals surface area (Å²) in [6.45, 7) is 5.78. The highest BCUT2D eigenvalue weighted by Gasteiger charge is 2.19. The number of ketones is 1. The third kappa shape index (κ3) is 3.63. The van der Waals surface area contributed by atoms with Crippen LogP contribution in [0.25, 0.3) is 0 Å². The lowest BCUT2D eigenvalue weighted by atomic mass is 9.89. The van der Waals surface area contributed by atoms with Crippen molar-refractivity contribution in [3.05, 3.63) is 48.0 Å². The van der Waals surface area contributed by atoms with Gasteiger partial charge in [-0.05, 0) is 11.5 Å². The van der Waals surface area contributed by atoms with Crippen LogP contribution in [0.5, 0.6) is 0 Å². The summed E-state index contributed by atoms with van der Waals surface area (Å²) in [6.07, 6.45) is 2.38. The molecule has 1 N–H and O–H groups in total. The molecule has 86 valence electrons. The van der Waals surface area contributed by atoms with Gasteiger partial charge >= 0.3 is 0 Å². The minimum absolute atomic E-state index is 0.0797. The van der Waals surface area contributed by atoms with Crippen molar-refractivity contribution in [2.24, 2.45) is 5.41 Å². The molecule has 1 atom stereocenters. The van der Waals surface area contributed by atoms with Crippen LogP contribution in [0.15, 0.2) is 42.5 Å². The third-order valence-corrected chi connectivity index (χ3v) is 2.38. The summed E-state index contributed by atoms with van der Waals surface area (Å²) in [5.41, 5.74) is 0.396. The van der Waals surface area contributed by atoms with E-state index < -0.39 is 6.10 Å². The molecular weight excluding hydrogens is 200 g/mol. The highest BCUT2D eigenvalue weighted by molar-refractivity contribution is 6.04. The molecule has 1 aromatic carbocycles. The Morgan fingerprint density at radius 1 is 1.25 bits per heavy atom. The molecule has 0 amide bonds. The molecule has 0 aliphatic carbocycles. The van der Waals surface area contributed by atoms with Gasteiger partial charge in [-0.3, -0.25) is 4.79 Å². The first-order chi connectivity index (χ1) is 7.41. The maximum atomic E-state index is 11.7. The lowest BCUT2D eigenvalue weighted by Gasteiger charge is -2.22. The number of benzene rings is 1. The molecule has 0 saturated heterocycles. The zero-order valence-corrected chi connectivity index (χ0v) is 9.97. The molecule has 0 spiro atoms. The van der Waals surface area contributed by atoms with Crippen molar-refractivity contribution in [2.45, 2.75) is 26.9 Å². The minimum atomic E-state index is -0.611. The summed E-state index contributed by atoms with van der Waals surface area (Å²) in [5, 5.41) is 9.74. The summed E-state index contributed by atoms with van der Waals surface area (Å²) in [7, 11) is 0. The van der Waals surface area contributed by atoms with Crippen molar-refractivity contribution >= 4 is 5.78 Å². The molecule has 2 nitrogen and oxygen atoms in total. The first-order valence-electron chi connectivity index (χ1n) is 5.37. The number of aliphatic hydroxyl groups excluding tert-OH is 1. The molecule has 2 heteroatoms. The molecule has 0 bridgehead atoms. The fraction of sp³-hybridized carbons (Fsp3) is 0.357. The van der Waals surface area contributed by atoms with Gasteiger partial charge in [0.25, 0.3) is 0 Å². The third-order valence-electron chi connectivity index (χ3n) is 2.38. The Bertz CT molecular complexity index is 371. The van der Waals surface area contributed by atoms with Gasteiger partial charge in [0.1, 0.15) is 0 Å². The molecule has 0 saturated carbocycles. The minimum Gasteiger partial charge on any atom is -0.388 e. The maximum absolute atomic E-state index is 11.7. The average Bonchev–Trinajstić information content (AvgIpc) is 2.25. The molecule has 1 unspecified atom stereocenters. The second-order valence-corrected chi connectivity index (χ2v) is 4.90. The monoisotopic (exact) mass is 218 g/mol. The lowest BCUT2D eigenvalue weighted by Crippen LogP contribution is -2.23. The van der Waals surface area contributed by atoms with Crippen molar-refractivity contribution in [2.75, 3.05) is 0 Å². The van der Waals surface area contributed by atoms with Crippen LogP contribution in [-0.4, -0.2) is 17.0 Å². The van der Waals surface area contributed by atoms with E-state index in [1.54, 1.807) is 18.2 Å². The highest BCUT2D eigenvalue weighted by Crippen LogP contribution is 2.19. The van der Waals surface area contributed by atoms with E-state index in [-0.39, 0.29) is 11.2 Å². The van der Waals surface area contributed by atoms with Gasteiger partial charge in [-0.2, -0.15) is 0 Å². The number of carbonyl (C=O) groups is 1. The molecule has 1 rings (SSSR count). The summed E-state index contributed by atoms with van der Waals surface area (Å²) in [5.74, 6) is -0.0797. The summed E-state index contributed by atoms with van der Waals surface area (Å²) < 4.78 is 0. The van der Waals surface area contributed by atoms with Crippen LogP contribution in [0.1, 0.15) is 31.1 Å². The summed E-state index contributed by atoms with van der Waals surface area (Å²) >= 11 is 0. The lowest BCUT2D eigenvalue weighted by molar-refractivity contribution is 0.0997. The largest absolute Gasteiger partial charge is 0.388 e. The Morgan fingerprint density at radius 2 is 1.81 bits per heavy atom. The summed E-state index contributed by atoms with van der Waals surface area (Å²) in [4.78, 5) is 11.7. The van der Waals surface area contributed by atoms with Gasteiger partial charge in [-0.1, -0.05) is 57.2 Å². The fourth-order valence-electron chi connectivity index (χ4n) is 1.17. The van der Waals surface area contributed by atoms with Crippen molar-refractivity contribution in [3.8, 4) is 0 Å². The van der Waals surface area contributed by atoms with E-state index >= 15 is 0 Å². The van der Waals surface area contributed by atoms with E-state index in [9.17, 15) is 9.90 Å². The standard InChI is InChI=1S/C14H18O2/c1-14(2,3)13(16)10-9-12(15)11-7-5-4-6-8-11/h4-10,13,16H,1-3H3/b10-9+. The van der Waals surface area contributed by atoms with E-state index in [2.05, 4.69) is 0 Å². The molecule has 0 aliphatic heterocycles. The van der Waals surface area contributed by atoms with E-state index in [0.29, 0.717) is 5.56 Å². The van der Waals surface area contributed by atoms with Crippen molar-refractivity contribution in [1.29, 1.82) is 0 Å². The number of hydrogen-bond acceptors (Lipinski definition) is 2. The van der Waals surface area contributed by atoms with E-state index in [0.717, 1.165) is 0 Å². The normalized spacial score (nSPS) is 14.0.